The molecule has 84 valence electrons. The summed E-state index contributed by atoms with van der Waals surface area (Å²) in [6, 6.07) is 2.23. The molecule has 0 aromatic carbocycles. The van der Waals surface area contributed by atoms with Crippen LogP contribution in [-0.2, 0) is 6.18 Å². The Bertz CT molecular complexity index is 302. The zero-order valence-electron chi connectivity index (χ0n) is 7.32. The quantitative estimate of drug-likeness (QED) is 0.350. The fourth-order valence-electron chi connectivity index (χ4n) is 0.530. The van der Waals surface area contributed by atoms with E-state index in [1.807, 2.05) is 0 Å². The first kappa shape index (κ1) is 13.2. The van der Waals surface area contributed by atoms with Gasteiger partial charge in [-0.3, -0.25) is 10.4 Å². The summed E-state index contributed by atoms with van der Waals surface area (Å²) < 4.78 is 35.2. The van der Waals surface area contributed by atoms with Crippen molar-refractivity contribution in [2.45, 2.75) is 6.18 Å². The molecule has 15 heavy (non-hydrogen) atoms. The van der Waals surface area contributed by atoms with Gasteiger partial charge in [0.1, 0.15) is 0 Å². The summed E-state index contributed by atoms with van der Waals surface area (Å²) in [6.07, 6.45) is -3.39. The number of hydrogen-bond acceptors (Lipinski definition) is 3. The van der Waals surface area contributed by atoms with Gasteiger partial charge in [-0.25, -0.2) is 10.6 Å². The molecule has 0 saturated heterocycles. The summed E-state index contributed by atoms with van der Waals surface area (Å²) in [5.41, 5.74) is 0.731. The van der Waals surface area contributed by atoms with Crippen LogP contribution in [0.1, 0.15) is 5.56 Å². The van der Waals surface area contributed by atoms with Gasteiger partial charge in [0.25, 0.3) is 0 Å². The molecule has 0 aliphatic carbocycles. The molecule has 1 aromatic rings. The average molecular weight is 223 g/mol. The summed E-state index contributed by atoms with van der Waals surface area (Å²) in [5, 5.41) is 7.49. The van der Waals surface area contributed by atoms with E-state index >= 15 is 0 Å². The molecular weight excluding hydrogens is 215 g/mol. The molecule has 0 spiro atoms. The average Bonchev–Trinajstić information content (AvgIpc) is 2.19. The normalized spacial score (nSPS) is 9.87. The van der Waals surface area contributed by atoms with Gasteiger partial charge in [-0.1, -0.05) is 0 Å². The second-order valence-electron chi connectivity index (χ2n) is 2.19. The minimum absolute atomic E-state index is 0.713. The van der Waals surface area contributed by atoms with Crippen molar-refractivity contribution >= 4 is 6.09 Å². The second-order valence-corrected chi connectivity index (χ2v) is 2.19. The third-order valence-electron chi connectivity index (χ3n) is 1.11. The van der Waals surface area contributed by atoms with E-state index < -0.39 is 17.8 Å². The van der Waals surface area contributed by atoms with E-state index in [0.717, 1.165) is 12.3 Å². The molecular formula is C7H8F3N3O2. The fourth-order valence-corrected chi connectivity index (χ4v) is 0.530. The van der Waals surface area contributed by atoms with Crippen LogP contribution in [0.5, 0.6) is 0 Å². The Balaban J connectivity index is 0.000000336. The Labute approximate surface area is 82.7 Å². The highest BCUT2D eigenvalue weighted by molar-refractivity contribution is 5.63. The molecule has 1 aromatic heterocycles. The zero-order chi connectivity index (χ0) is 11.9. The number of aromatic nitrogens is 1. The number of hydrogen-bond donors (Lipinski definition) is 3. The van der Waals surface area contributed by atoms with Crippen LogP contribution in [-0.4, -0.2) is 16.2 Å². The van der Waals surface area contributed by atoms with Gasteiger partial charge in [0.15, 0.2) is 0 Å². The van der Waals surface area contributed by atoms with E-state index in [2.05, 4.69) is 10.8 Å². The fraction of sp³-hybridized carbons (Fsp3) is 0.143. The molecule has 0 aliphatic rings. The van der Waals surface area contributed by atoms with E-state index in [4.69, 9.17) is 9.90 Å². The number of alkyl halides is 3. The number of halogens is 3. The van der Waals surface area contributed by atoms with Crippen molar-refractivity contribution in [3.63, 3.8) is 0 Å². The maximum atomic E-state index is 11.7. The van der Waals surface area contributed by atoms with Gasteiger partial charge in [-0.15, -0.1) is 0 Å². The molecule has 0 bridgehead atoms. The molecule has 1 amide bonds. The highest BCUT2D eigenvalue weighted by Crippen LogP contribution is 2.27. The van der Waals surface area contributed by atoms with E-state index in [-0.39, 0.29) is 0 Å². The van der Waals surface area contributed by atoms with E-state index in [0.29, 0.717) is 0 Å². The first-order valence-electron chi connectivity index (χ1n) is 3.54. The van der Waals surface area contributed by atoms with Crippen molar-refractivity contribution in [3.05, 3.63) is 30.1 Å². The SMILES string of the molecule is FC(F)(F)c1cccnc1.NNC(=O)O. The standard InChI is InChI=1S/C6H4F3N.CH4N2O2/c7-6(8,9)5-2-1-3-10-4-5;2-3-1(4)5/h1-4H;3H,2H2,(H,4,5). The van der Waals surface area contributed by atoms with Crippen LogP contribution in [0.3, 0.4) is 0 Å². The van der Waals surface area contributed by atoms with Crippen molar-refractivity contribution in [1.82, 2.24) is 10.4 Å². The molecule has 0 fully saturated rings. The van der Waals surface area contributed by atoms with Gasteiger partial charge in [-0.2, -0.15) is 13.2 Å². The van der Waals surface area contributed by atoms with Crippen LogP contribution in [0.25, 0.3) is 0 Å². The van der Waals surface area contributed by atoms with Crippen molar-refractivity contribution in [1.29, 1.82) is 0 Å². The van der Waals surface area contributed by atoms with Gasteiger partial charge in [0.05, 0.1) is 5.56 Å². The van der Waals surface area contributed by atoms with Crippen LogP contribution >= 0.6 is 0 Å². The van der Waals surface area contributed by atoms with Crippen LogP contribution in [0.2, 0.25) is 0 Å². The van der Waals surface area contributed by atoms with Crippen LogP contribution in [0.15, 0.2) is 24.5 Å². The first-order chi connectivity index (χ1) is 6.88. The number of carboxylic acid groups (broad SMARTS) is 1. The Kier molecular flexibility index (Phi) is 5.10. The summed E-state index contributed by atoms with van der Waals surface area (Å²) >= 11 is 0. The lowest BCUT2D eigenvalue weighted by atomic mass is 10.3. The van der Waals surface area contributed by atoms with E-state index in [1.165, 1.54) is 17.7 Å². The molecule has 8 heteroatoms. The number of rotatable bonds is 0. The van der Waals surface area contributed by atoms with Crippen molar-refractivity contribution < 1.29 is 23.1 Å². The summed E-state index contributed by atoms with van der Waals surface area (Å²) in [5.74, 6) is 4.32. The Hall–Kier alpha value is -1.83. The molecule has 0 aliphatic heterocycles. The molecule has 0 atom stereocenters. The molecule has 1 heterocycles. The summed E-state index contributed by atoms with van der Waals surface area (Å²) in [7, 11) is 0. The lowest BCUT2D eigenvalue weighted by Crippen LogP contribution is -2.27. The van der Waals surface area contributed by atoms with E-state index in [1.54, 1.807) is 0 Å². The number of pyridine rings is 1. The smallest absolute Gasteiger partial charge is 0.418 e. The Morgan fingerprint density at radius 3 is 2.27 bits per heavy atom. The Morgan fingerprint density at radius 1 is 1.53 bits per heavy atom. The van der Waals surface area contributed by atoms with Crippen molar-refractivity contribution in [2.24, 2.45) is 5.84 Å². The van der Waals surface area contributed by atoms with E-state index in [9.17, 15) is 13.2 Å². The Morgan fingerprint density at radius 2 is 2.07 bits per heavy atom. The topological polar surface area (TPSA) is 88.2 Å². The molecule has 1 rings (SSSR count). The predicted octanol–water partition coefficient (Wildman–Crippen LogP) is 1.23. The van der Waals surface area contributed by atoms with Crippen LogP contribution in [0, 0.1) is 0 Å². The summed E-state index contributed by atoms with van der Waals surface area (Å²) in [4.78, 5) is 12.5. The summed E-state index contributed by atoms with van der Waals surface area (Å²) in [6.45, 7) is 0. The maximum Gasteiger partial charge on any atom is 0.418 e. The molecule has 4 N–H and O–H groups in total. The van der Waals surface area contributed by atoms with Crippen LogP contribution < -0.4 is 11.3 Å². The minimum atomic E-state index is -4.27. The zero-order valence-corrected chi connectivity index (χ0v) is 7.32. The van der Waals surface area contributed by atoms with Gasteiger partial charge in [-0.05, 0) is 12.1 Å². The first-order valence-corrected chi connectivity index (χ1v) is 3.54. The number of amides is 1. The van der Waals surface area contributed by atoms with Gasteiger partial charge >= 0.3 is 12.3 Å². The second kappa shape index (κ2) is 5.81. The third kappa shape index (κ3) is 6.27. The molecule has 0 radical (unpaired) electrons. The minimum Gasteiger partial charge on any atom is -0.464 e. The highest BCUT2D eigenvalue weighted by atomic mass is 19.4. The van der Waals surface area contributed by atoms with Crippen molar-refractivity contribution in [2.75, 3.05) is 0 Å². The number of hydrazine groups is 1. The van der Waals surface area contributed by atoms with Gasteiger partial charge in [0, 0.05) is 12.4 Å². The number of nitrogens with two attached hydrogens (primary N) is 1. The third-order valence-corrected chi connectivity index (χ3v) is 1.11. The number of nitrogens with zero attached hydrogens (tertiary/aromatic N) is 1. The lowest BCUT2D eigenvalue weighted by molar-refractivity contribution is -0.137. The highest BCUT2D eigenvalue weighted by Gasteiger charge is 2.30. The lowest BCUT2D eigenvalue weighted by Gasteiger charge is -2.03. The maximum absolute atomic E-state index is 11.7. The molecule has 5 nitrogen and oxygen atoms in total. The van der Waals surface area contributed by atoms with Gasteiger partial charge in [0.2, 0.25) is 0 Å². The largest absolute Gasteiger partial charge is 0.464 e. The number of carbonyl (C=O) groups is 1. The monoisotopic (exact) mass is 223 g/mol. The molecule has 0 unspecified atom stereocenters. The van der Waals surface area contributed by atoms with Gasteiger partial charge < -0.3 is 5.11 Å². The molecule has 0 saturated carbocycles. The number of nitrogens with one attached hydrogen (secondary N) is 1. The van der Waals surface area contributed by atoms with Crippen molar-refractivity contribution in [3.8, 4) is 0 Å². The van der Waals surface area contributed by atoms with Crippen LogP contribution in [0.4, 0.5) is 18.0 Å². The predicted molar refractivity (Wildman–Crippen MR) is 44.6 cm³/mol.